The second-order valence-corrected chi connectivity index (χ2v) is 5.34. The molecule has 5 nitrogen and oxygen atoms in total. The number of benzene rings is 1. The van der Waals surface area contributed by atoms with Gasteiger partial charge in [-0.1, -0.05) is 26.2 Å². The first-order valence-corrected chi connectivity index (χ1v) is 7.62. The Morgan fingerprint density at radius 2 is 1.95 bits per heavy atom. The van der Waals surface area contributed by atoms with Gasteiger partial charge in [0.25, 0.3) is 5.56 Å². The van der Waals surface area contributed by atoms with Gasteiger partial charge in [0.1, 0.15) is 5.75 Å². The highest BCUT2D eigenvalue weighted by Gasteiger charge is 2.17. The molecule has 2 aromatic rings. The van der Waals surface area contributed by atoms with Gasteiger partial charge in [-0.2, -0.15) is 0 Å². The Hall–Kier alpha value is -2.17. The van der Waals surface area contributed by atoms with Gasteiger partial charge in [0.05, 0.1) is 19.2 Å². The molecule has 0 bridgehead atoms. The Bertz CT molecular complexity index is 706. The maximum atomic E-state index is 12.4. The number of phenolic OH excluding ortho intramolecular Hbond substituents is 1. The maximum Gasteiger partial charge on any atom is 0.297 e. The zero-order valence-corrected chi connectivity index (χ0v) is 13.4. The van der Waals surface area contributed by atoms with Crippen molar-refractivity contribution in [1.82, 2.24) is 4.57 Å². The van der Waals surface area contributed by atoms with Gasteiger partial charge in [-0.05, 0) is 18.6 Å². The summed E-state index contributed by atoms with van der Waals surface area (Å²) in [7, 11) is 3.12. The van der Waals surface area contributed by atoms with E-state index in [1.165, 1.54) is 18.1 Å². The average Bonchev–Trinajstić information content (AvgIpc) is 2.52. The SMILES string of the molecule is CCCCCCOc1c(OC)c(=O)n(C)c2cc(O)ccc12. The number of methoxy groups -OCH3 is 1. The zero-order valence-electron chi connectivity index (χ0n) is 13.4. The number of unbranched alkanes of at least 4 members (excludes halogenated alkanes) is 3. The molecule has 120 valence electrons. The van der Waals surface area contributed by atoms with Crippen molar-refractivity contribution in [3.05, 3.63) is 28.6 Å². The Kier molecular flexibility index (Phi) is 5.31. The number of aromatic nitrogens is 1. The van der Waals surface area contributed by atoms with E-state index < -0.39 is 0 Å². The molecule has 0 saturated carbocycles. The minimum absolute atomic E-state index is 0.113. The monoisotopic (exact) mass is 305 g/mol. The first-order chi connectivity index (χ1) is 10.6. The van der Waals surface area contributed by atoms with Crippen molar-refractivity contribution in [2.75, 3.05) is 13.7 Å². The van der Waals surface area contributed by atoms with E-state index in [0.717, 1.165) is 24.6 Å². The number of aromatic hydroxyl groups is 1. The van der Waals surface area contributed by atoms with Gasteiger partial charge < -0.3 is 19.1 Å². The minimum Gasteiger partial charge on any atom is -0.508 e. The molecule has 1 aromatic heterocycles. The van der Waals surface area contributed by atoms with Crippen LogP contribution in [-0.4, -0.2) is 23.4 Å². The van der Waals surface area contributed by atoms with E-state index in [9.17, 15) is 9.90 Å². The van der Waals surface area contributed by atoms with Crippen LogP contribution in [0.25, 0.3) is 10.9 Å². The first kappa shape index (κ1) is 16.2. The maximum absolute atomic E-state index is 12.4. The number of ether oxygens (including phenoxy) is 2. The molecule has 1 aromatic carbocycles. The Morgan fingerprint density at radius 1 is 1.18 bits per heavy atom. The van der Waals surface area contributed by atoms with Crippen LogP contribution in [0.1, 0.15) is 32.6 Å². The van der Waals surface area contributed by atoms with E-state index in [2.05, 4.69) is 6.92 Å². The highest BCUT2D eigenvalue weighted by Crippen LogP contribution is 2.34. The predicted octanol–water partition coefficient (Wildman–Crippen LogP) is 3.21. The fraction of sp³-hybridized carbons (Fsp3) is 0.471. The summed E-state index contributed by atoms with van der Waals surface area (Å²) in [6, 6.07) is 4.88. The van der Waals surface area contributed by atoms with Crippen LogP contribution in [0.3, 0.4) is 0 Å². The summed E-state index contributed by atoms with van der Waals surface area (Å²) >= 11 is 0. The van der Waals surface area contributed by atoms with Crippen LogP contribution in [0.2, 0.25) is 0 Å². The molecule has 0 atom stereocenters. The second-order valence-electron chi connectivity index (χ2n) is 5.34. The molecule has 1 N–H and O–H groups in total. The Labute approximate surface area is 130 Å². The summed E-state index contributed by atoms with van der Waals surface area (Å²) in [6.07, 6.45) is 4.37. The number of aryl methyl sites for hydroxylation is 1. The van der Waals surface area contributed by atoms with Crippen LogP contribution in [0.15, 0.2) is 23.0 Å². The van der Waals surface area contributed by atoms with Crippen LogP contribution in [-0.2, 0) is 7.05 Å². The standard InChI is InChI=1S/C17H23NO4/c1-4-5-6-7-10-22-15-13-9-8-12(19)11-14(13)18(2)17(20)16(15)21-3/h8-9,11,19H,4-7,10H2,1-3H3. The van der Waals surface area contributed by atoms with Crippen LogP contribution in [0, 0.1) is 0 Å². The van der Waals surface area contributed by atoms with Gasteiger partial charge in [0.2, 0.25) is 5.75 Å². The van der Waals surface area contributed by atoms with Crippen molar-refractivity contribution in [2.24, 2.45) is 7.05 Å². The van der Waals surface area contributed by atoms with Gasteiger partial charge in [-0.3, -0.25) is 4.79 Å². The van der Waals surface area contributed by atoms with Gasteiger partial charge in [-0.25, -0.2) is 0 Å². The normalized spacial score (nSPS) is 10.9. The predicted molar refractivity (Wildman–Crippen MR) is 87.0 cm³/mol. The first-order valence-electron chi connectivity index (χ1n) is 7.62. The third-order valence-corrected chi connectivity index (χ3v) is 3.74. The molecule has 22 heavy (non-hydrogen) atoms. The molecule has 0 aliphatic heterocycles. The van der Waals surface area contributed by atoms with Crippen LogP contribution < -0.4 is 15.0 Å². The van der Waals surface area contributed by atoms with Gasteiger partial charge in [-0.15, -0.1) is 0 Å². The fourth-order valence-electron chi connectivity index (χ4n) is 2.50. The van der Waals surface area contributed by atoms with Crippen molar-refractivity contribution in [3.63, 3.8) is 0 Å². The molecule has 2 rings (SSSR count). The minimum atomic E-state index is -0.274. The van der Waals surface area contributed by atoms with Crippen molar-refractivity contribution >= 4 is 10.9 Å². The fourth-order valence-corrected chi connectivity index (χ4v) is 2.50. The third kappa shape index (κ3) is 3.18. The molecule has 0 amide bonds. The van der Waals surface area contributed by atoms with Crippen LogP contribution in [0.4, 0.5) is 0 Å². The highest BCUT2D eigenvalue weighted by atomic mass is 16.5. The molecule has 5 heteroatoms. The van der Waals surface area contributed by atoms with Crippen molar-refractivity contribution in [1.29, 1.82) is 0 Å². The Balaban J connectivity index is 2.42. The summed E-state index contributed by atoms with van der Waals surface area (Å²) in [5, 5.41) is 10.4. The molecule has 1 heterocycles. The van der Waals surface area contributed by atoms with Crippen LogP contribution >= 0.6 is 0 Å². The van der Waals surface area contributed by atoms with E-state index in [1.807, 2.05) is 0 Å². The van der Waals surface area contributed by atoms with Crippen molar-refractivity contribution in [2.45, 2.75) is 32.6 Å². The highest BCUT2D eigenvalue weighted by molar-refractivity contribution is 5.88. The number of fused-ring (bicyclic) bond motifs is 1. The molecule has 0 radical (unpaired) electrons. The lowest BCUT2D eigenvalue weighted by atomic mass is 10.1. The summed E-state index contributed by atoms with van der Waals surface area (Å²) in [4.78, 5) is 12.4. The van der Waals surface area contributed by atoms with Gasteiger partial charge in [0.15, 0.2) is 5.75 Å². The number of hydrogen-bond acceptors (Lipinski definition) is 4. The summed E-state index contributed by atoms with van der Waals surface area (Å²) in [5.41, 5.74) is 0.346. The van der Waals surface area contributed by atoms with E-state index in [4.69, 9.17) is 9.47 Å². The largest absolute Gasteiger partial charge is 0.508 e. The van der Waals surface area contributed by atoms with E-state index >= 15 is 0 Å². The second kappa shape index (κ2) is 7.20. The smallest absolute Gasteiger partial charge is 0.297 e. The number of rotatable bonds is 7. The number of hydrogen-bond donors (Lipinski definition) is 1. The number of nitrogens with zero attached hydrogens (tertiary/aromatic N) is 1. The number of phenols is 1. The van der Waals surface area contributed by atoms with Gasteiger partial charge >= 0.3 is 0 Å². The zero-order chi connectivity index (χ0) is 16.1. The lowest BCUT2D eigenvalue weighted by Gasteiger charge is -2.15. The van der Waals surface area contributed by atoms with E-state index in [-0.39, 0.29) is 17.1 Å². The molecule has 0 fully saturated rings. The lowest BCUT2D eigenvalue weighted by Crippen LogP contribution is -2.20. The van der Waals surface area contributed by atoms with Crippen molar-refractivity contribution in [3.8, 4) is 17.2 Å². The topological polar surface area (TPSA) is 60.7 Å². The molecule has 0 aliphatic carbocycles. The van der Waals surface area contributed by atoms with E-state index in [1.54, 1.807) is 25.2 Å². The molecular weight excluding hydrogens is 282 g/mol. The summed E-state index contributed by atoms with van der Waals surface area (Å²) in [6.45, 7) is 2.70. The molecule has 0 aliphatic rings. The summed E-state index contributed by atoms with van der Waals surface area (Å²) in [5.74, 6) is 0.773. The quantitative estimate of drug-likeness (QED) is 0.798. The van der Waals surface area contributed by atoms with Crippen molar-refractivity contribution < 1.29 is 14.6 Å². The van der Waals surface area contributed by atoms with Gasteiger partial charge in [0, 0.05) is 18.5 Å². The molecule has 0 spiro atoms. The molecule has 0 saturated heterocycles. The van der Waals surface area contributed by atoms with Crippen LogP contribution in [0.5, 0.6) is 17.2 Å². The molecular formula is C17H23NO4. The Morgan fingerprint density at radius 3 is 2.64 bits per heavy atom. The average molecular weight is 305 g/mol. The lowest BCUT2D eigenvalue weighted by molar-refractivity contribution is 0.286. The molecule has 0 unspecified atom stereocenters. The van der Waals surface area contributed by atoms with E-state index in [0.29, 0.717) is 17.9 Å². The summed E-state index contributed by atoms with van der Waals surface area (Å²) < 4.78 is 12.6. The number of pyridine rings is 1. The third-order valence-electron chi connectivity index (χ3n) is 3.74.